The van der Waals surface area contributed by atoms with Crippen LogP contribution in [0, 0.1) is 5.92 Å². The van der Waals surface area contributed by atoms with Gasteiger partial charge in [-0.2, -0.15) is 0 Å². The minimum atomic E-state index is 0.704. The zero-order chi connectivity index (χ0) is 12.3. The third kappa shape index (κ3) is 6.44. The molecule has 0 aliphatic rings. The van der Waals surface area contributed by atoms with Crippen molar-refractivity contribution in [2.45, 2.75) is 25.7 Å². The maximum atomic E-state index is 5.16. The molecule has 17 heavy (non-hydrogen) atoms. The third-order valence-corrected chi connectivity index (χ3v) is 3.14. The highest BCUT2D eigenvalue weighted by atomic mass is 16.5. The Morgan fingerprint density at radius 3 is 2.00 bits per heavy atom. The van der Waals surface area contributed by atoms with Gasteiger partial charge in [-0.15, -0.1) is 0 Å². The van der Waals surface area contributed by atoms with E-state index in [9.17, 15) is 0 Å². The molecule has 0 unspecified atom stereocenters. The van der Waals surface area contributed by atoms with Gasteiger partial charge in [0.15, 0.2) is 0 Å². The van der Waals surface area contributed by atoms with Gasteiger partial charge in [-0.3, -0.25) is 0 Å². The van der Waals surface area contributed by atoms with Crippen molar-refractivity contribution in [1.29, 1.82) is 0 Å². The molecule has 0 aromatic heterocycles. The molecule has 0 N–H and O–H groups in total. The largest absolute Gasteiger partial charge is 0.385 e. The summed E-state index contributed by atoms with van der Waals surface area (Å²) in [4.78, 5) is 0. The Bertz CT molecular complexity index is 264. The van der Waals surface area contributed by atoms with E-state index in [0.29, 0.717) is 5.92 Å². The average Bonchev–Trinajstić information content (AvgIpc) is 2.39. The van der Waals surface area contributed by atoms with Crippen LogP contribution < -0.4 is 0 Å². The SMILES string of the molecule is COCCC(CCOC)CCc1ccccc1. The number of hydrogen-bond acceptors (Lipinski definition) is 2. The normalized spacial score (nSPS) is 11.0. The second kappa shape index (κ2) is 9.20. The molecular weight excluding hydrogens is 212 g/mol. The van der Waals surface area contributed by atoms with Crippen LogP contribution in [0.2, 0.25) is 0 Å². The van der Waals surface area contributed by atoms with Crippen LogP contribution in [0.4, 0.5) is 0 Å². The lowest BCUT2D eigenvalue weighted by molar-refractivity contribution is 0.144. The molecule has 1 aromatic rings. The highest BCUT2D eigenvalue weighted by molar-refractivity contribution is 5.14. The lowest BCUT2D eigenvalue weighted by atomic mass is 9.94. The lowest BCUT2D eigenvalue weighted by Crippen LogP contribution is -2.09. The topological polar surface area (TPSA) is 18.5 Å². The Morgan fingerprint density at radius 1 is 0.882 bits per heavy atom. The minimum absolute atomic E-state index is 0.704. The number of ether oxygens (including phenoxy) is 2. The summed E-state index contributed by atoms with van der Waals surface area (Å²) >= 11 is 0. The van der Waals surface area contributed by atoms with E-state index in [1.54, 1.807) is 14.2 Å². The van der Waals surface area contributed by atoms with Crippen LogP contribution in [0.15, 0.2) is 30.3 Å². The molecule has 0 aliphatic heterocycles. The molecule has 1 aromatic carbocycles. The van der Waals surface area contributed by atoms with Gasteiger partial charge in [0.25, 0.3) is 0 Å². The molecule has 0 saturated heterocycles. The average molecular weight is 236 g/mol. The minimum Gasteiger partial charge on any atom is -0.385 e. The summed E-state index contributed by atoms with van der Waals surface area (Å²) in [6.45, 7) is 1.70. The molecule has 0 amide bonds. The summed E-state index contributed by atoms with van der Waals surface area (Å²) in [5, 5.41) is 0. The molecule has 0 heterocycles. The molecular formula is C15H24O2. The van der Waals surface area contributed by atoms with Crippen LogP contribution in [0.3, 0.4) is 0 Å². The van der Waals surface area contributed by atoms with Crippen molar-refractivity contribution in [2.75, 3.05) is 27.4 Å². The van der Waals surface area contributed by atoms with E-state index in [4.69, 9.17) is 9.47 Å². The van der Waals surface area contributed by atoms with Gasteiger partial charge in [0.1, 0.15) is 0 Å². The highest BCUT2D eigenvalue weighted by Gasteiger charge is 2.08. The summed E-state index contributed by atoms with van der Waals surface area (Å²) in [5.74, 6) is 0.704. The summed E-state index contributed by atoms with van der Waals surface area (Å²) < 4.78 is 10.3. The van der Waals surface area contributed by atoms with Crippen LogP contribution in [0.5, 0.6) is 0 Å². The van der Waals surface area contributed by atoms with E-state index in [2.05, 4.69) is 30.3 Å². The molecule has 2 heteroatoms. The molecule has 2 nitrogen and oxygen atoms in total. The van der Waals surface area contributed by atoms with Crippen LogP contribution in [-0.2, 0) is 15.9 Å². The Hall–Kier alpha value is -0.860. The van der Waals surface area contributed by atoms with E-state index in [0.717, 1.165) is 32.5 Å². The van der Waals surface area contributed by atoms with Crippen molar-refractivity contribution < 1.29 is 9.47 Å². The van der Waals surface area contributed by atoms with Crippen LogP contribution >= 0.6 is 0 Å². The monoisotopic (exact) mass is 236 g/mol. The first-order valence-corrected chi connectivity index (χ1v) is 6.38. The van der Waals surface area contributed by atoms with Crippen molar-refractivity contribution in [3.05, 3.63) is 35.9 Å². The summed E-state index contributed by atoms with van der Waals surface area (Å²) in [5.41, 5.74) is 1.42. The second-order valence-corrected chi connectivity index (χ2v) is 4.45. The number of rotatable bonds is 9. The maximum Gasteiger partial charge on any atom is 0.0464 e. The fourth-order valence-corrected chi connectivity index (χ4v) is 2.02. The van der Waals surface area contributed by atoms with Crippen molar-refractivity contribution in [3.8, 4) is 0 Å². The number of hydrogen-bond donors (Lipinski definition) is 0. The summed E-state index contributed by atoms with van der Waals surface area (Å²) in [6.07, 6.45) is 4.63. The first kappa shape index (κ1) is 14.2. The van der Waals surface area contributed by atoms with Gasteiger partial charge >= 0.3 is 0 Å². The molecule has 1 rings (SSSR count). The first-order chi connectivity index (χ1) is 8.36. The Balaban J connectivity index is 2.31. The van der Waals surface area contributed by atoms with Gasteiger partial charge in [-0.05, 0) is 37.2 Å². The zero-order valence-corrected chi connectivity index (χ0v) is 11.0. The Kier molecular flexibility index (Phi) is 7.69. The van der Waals surface area contributed by atoms with Gasteiger partial charge < -0.3 is 9.47 Å². The molecule has 0 aliphatic carbocycles. The van der Waals surface area contributed by atoms with Crippen molar-refractivity contribution in [2.24, 2.45) is 5.92 Å². The second-order valence-electron chi connectivity index (χ2n) is 4.45. The fraction of sp³-hybridized carbons (Fsp3) is 0.600. The maximum absolute atomic E-state index is 5.16. The smallest absolute Gasteiger partial charge is 0.0464 e. The van der Waals surface area contributed by atoms with E-state index in [-0.39, 0.29) is 0 Å². The van der Waals surface area contributed by atoms with Crippen LogP contribution in [-0.4, -0.2) is 27.4 Å². The fourth-order valence-electron chi connectivity index (χ4n) is 2.02. The van der Waals surface area contributed by atoms with Gasteiger partial charge in [0.2, 0.25) is 0 Å². The summed E-state index contributed by atoms with van der Waals surface area (Å²) in [7, 11) is 3.54. The first-order valence-electron chi connectivity index (χ1n) is 6.38. The van der Waals surface area contributed by atoms with Crippen molar-refractivity contribution in [3.63, 3.8) is 0 Å². The number of methoxy groups -OCH3 is 2. The third-order valence-electron chi connectivity index (χ3n) is 3.14. The van der Waals surface area contributed by atoms with E-state index in [1.807, 2.05) is 0 Å². The van der Waals surface area contributed by atoms with E-state index < -0.39 is 0 Å². The van der Waals surface area contributed by atoms with Gasteiger partial charge in [-0.1, -0.05) is 30.3 Å². The van der Waals surface area contributed by atoms with Crippen LogP contribution in [0.1, 0.15) is 24.8 Å². The molecule has 0 bridgehead atoms. The van der Waals surface area contributed by atoms with Crippen LogP contribution in [0.25, 0.3) is 0 Å². The standard InChI is InChI=1S/C15H24O2/c1-16-12-10-15(11-13-17-2)9-8-14-6-4-3-5-7-14/h3-7,15H,8-13H2,1-2H3. The van der Waals surface area contributed by atoms with Crippen molar-refractivity contribution in [1.82, 2.24) is 0 Å². The van der Waals surface area contributed by atoms with Crippen molar-refractivity contribution >= 4 is 0 Å². The Labute approximate surface area is 105 Å². The van der Waals surface area contributed by atoms with Gasteiger partial charge in [0, 0.05) is 27.4 Å². The molecule has 0 spiro atoms. The lowest BCUT2D eigenvalue weighted by Gasteiger charge is -2.16. The predicted molar refractivity (Wildman–Crippen MR) is 71.2 cm³/mol. The molecule has 0 atom stereocenters. The van der Waals surface area contributed by atoms with Gasteiger partial charge in [0.05, 0.1) is 0 Å². The molecule has 96 valence electrons. The van der Waals surface area contributed by atoms with E-state index in [1.165, 1.54) is 12.0 Å². The molecule has 0 saturated carbocycles. The molecule has 0 fully saturated rings. The summed E-state index contributed by atoms with van der Waals surface area (Å²) in [6, 6.07) is 10.7. The number of benzene rings is 1. The quantitative estimate of drug-likeness (QED) is 0.655. The van der Waals surface area contributed by atoms with E-state index >= 15 is 0 Å². The van der Waals surface area contributed by atoms with Gasteiger partial charge in [-0.25, -0.2) is 0 Å². The number of aryl methyl sites for hydroxylation is 1. The highest BCUT2D eigenvalue weighted by Crippen LogP contribution is 2.17. The zero-order valence-electron chi connectivity index (χ0n) is 11.0. The Morgan fingerprint density at radius 2 is 1.47 bits per heavy atom. The molecule has 0 radical (unpaired) electrons. The predicted octanol–water partition coefficient (Wildman–Crippen LogP) is 3.31.